The Morgan fingerprint density at radius 2 is 1.96 bits per heavy atom. The predicted octanol–water partition coefficient (Wildman–Crippen LogP) is 3.07. The molecular weight excluding hydrogens is 349 g/mol. The zero-order valence-corrected chi connectivity index (χ0v) is 13.6. The van der Waals surface area contributed by atoms with E-state index in [0.29, 0.717) is 11.8 Å². The zero-order valence-electron chi connectivity index (χ0n) is 12.8. The lowest BCUT2D eigenvalue weighted by Gasteiger charge is -2.21. The number of fused-ring (bicyclic) bond motifs is 1. The van der Waals surface area contributed by atoms with Gasteiger partial charge in [-0.2, -0.15) is 13.2 Å². The lowest BCUT2D eigenvalue weighted by atomic mass is 10.1. The molecule has 10 heteroatoms. The van der Waals surface area contributed by atoms with Crippen LogP contribution in [0.15, 0.2) is 18.2 Å². The smallest absolute Gasteiger partial charge is 0.383 e. The summed E-state index contributed by atoms with van der Waals surface area (Å²) in [6.45, 7) is 3.06. The average molecular weight is 364 g/mol. The van der Waals surface area contributed by atoms with E-state index in [9.17, 15) is 32.6 Å². The Morgan fingerprint density at radius 3 is 2.46 bits per heavy atom. The van der Waals surface area contributed by atoms with Gasteiger partial charge in [0.2, 0.25) is 0 Å². The predicted molar refractivity (Wildman–Crippen MR) is 83.1 cm³/mol. The van der Waals surface area contributed by atoms with E-state index >= 15 is 0 Å². The van der Waals surface area contributed by atoms with Gasteiger partial charge in [-0.3, -0.25) is 14.3 Å². The van der Waals surface area contributed by atoms with Crippen LogP contribution in [-0.2, 0) is 22.6 Å². The van der Waals surface area contributed by atoms with Gasteiger partial charge in [0, 0.05) is 39.2 Å². The first-order chi connectivity index (χ1) is 11.0. The highest BCUT2D eigenvalue weighted by Crippen LogP contribution is 2.39. The minimum atomic E-state index is -4.88. The zero-order chi connectivity index (χ0) is 18.3. The van der Waals surface area contributed by atoms with Crippen LogP contribution in [0, 0.1) is 10.1 Å². The van der Waals surface area contributed by atoms with Crippen LogP contribution in [0.1, 0.15) is 25.1 Å². The molecule has 2 atom stereocenters. The van der Waals surface area contributed by atoms with Crippen LogP contribution in [0.5, 0.6) is 0 Å². The van der Waals surface area contributed by atoms with Crippen molar-refractivity contribution in [1.29, 1.82) is 0 Å². The van der Waals surface area contributed by atoms with E-state index in [4.69, 9.17) is 0 Å². The first-order valence-corrected chi connectivity index (χ1v) is 8.40. The molecule has 0 aliphatic carbocycles. The number of alkyl halides is 3. The van der Waals surface area contributed by atoms with Gasteiger partial charge in [-0.05, 0) is 19.1 Å². The largest absolute Gasteiger partial charge is 0.423 e. The van der Waals surface area contributed by atoms with Crippen molar-refractivity contribution in [3.8, 4) is 0 Å². The van der Waals surface area contributed by atoms with Gasteiger partial charge in [-0.25, -0.2) is 0 Å². The number of aliphatic hydroxyl groups is 1. The number of nitro benzene ring substituents is 1. The van der Waals surface area contributed by atoms with Crippen molar-refractivity contribution in [1.82, 2.24) is 4.98 Å². The number of aromatic amines is 1. The molecule has 0 spiro atoms. The SMILES string of the molecule is CCS(=O)CC(C)(O)c1cc2cc([N+](=O)[O-])c(C(F)(F)F)cc2[nH]1. The number of nitrogens with one attached hydrogen (secondary N) is 1. The fourth-order valence-corrected chi connectivity index (χ4v) is 3.32. The minimum Gasteiger partial charge on any atom is -0.383 e. The second-order valence-corrected chi connectivity index (χ2v) is 7.29. The molecule has 2 N–H and O–H groups in total. The van der Waals surface area contributed by atoms with E-state index in [1.807, 2.05) is 0 Å². The number of rotatable bonds is 5. The molecule has 24 heavy (non-hydrogen) atoms. The maximum atomic E-state index is 13.0. The molecule has 0 amide bonds. The Morgan fingerprint density at radius 1 is 1.33 bits per heavy atom. The Bertz CT molecular complexity index is 814. The van der Waals surface area contributed by atoms with E-state index in [2.05, 4.69) is 4.98 Å². The number of hydrogen-bond donors (Lipinski definition) is 2. The fraction of sp³-hybridized carbons (Fsp3) is 0.429. The van der Waals surface area contributed by atoms with Crippen LogP contribution in [-0.4, -0.2) is 30.7 Å². The summed E-state index contributed by atoms with van der Waals surface area (Å²) in [5.74, 6) is 0.213. The van der Waals surface area contributed by atoms with Gasteiger partial charge in [0.1, 0.15) is 11.2 Å². The van der Waals surface area contributed by atoms with Crippen molar-refractivity contribution in [3.05, 3.63) is 39.6 Å². The number of hydrogen-bond acceptors (Lipinski definition) is 4. The summed E-state index contributed by atoms with van der Waals surface area (Å²) in [6, 6.07) is 2.78. The van der Waals surface area contributed by atoms with E-state index < -0.39 is 38.8 Å². The highest BCUT2D eigenvalue weighted by molar-refractivity contribution is 7.85. The number of H-pyrrole nitrogens is 1. The van der Waals surface area contributed by atoms with E-state index in [-0.39, 0.29) is 22.3 Å². The van der Waals surface area contributed by atoms with Crippen LogP contribution >= 0.6 is 0 Å². The number of aromatic nitrogens is 1. The number of benzene rings is 1. The van der Waals surface area contributed by atoms with E-state index in [1.165, 1.54) is 13.0 Å². The van der Waals surface area contributed by atoms with Crippen molar-refractivity contribution in [2.75, 3.05) is 11.5 Å². The summed E-state index contributed by atoms with van der Waals surface area (Å²) >= 11 is 0. The standard InChI is InChI=1S/C14H15F3N2O4S/c1-3-24(23)7-13(2,20)12-5-8-4-11(19(21)22)9(14(15,16)17)6-10(8)18-12/h4-6,18,20H,3,7H2,1-2H3. The lowest BCUT2D eigenvalue weighted by Crippen LogP contribution is -2.29. The molecule has 0 bridgehead atoms. The third-order valence-corrected chi connectivity index (χ3v) is 5.11. The van der Waals surface area contributed by atoms with Gasteiger partial charge in [-0.1, -0.05) is 6.92 Å². The van der Waals surface area contributed by atoms with Gasteiger partial charge in [-0.15, -0.1) is 0 Å². The van der Waals surface area contributed by atoms with Gasteiger partial charge in [0.05, 0.1) is 10.7 Å². The molecule has 1 aromatic heterocycles. The maximum Gasteiger partial charge on any atom is 0.423 e. The number of halogens is 3. The third-order valence-electron chi connectivity index (χ3n) is 3.58. The van der Waals surface area contributed by atoms with Crippen LogP contribution in [0.3, 0.4) is 0 Å². The molecule has 2 aromatic rings. The topological polar surface area (TPSA) is 96.2 Å². The third kappa shape index (κ3) is 3.59. The second-order valence-electron chi connectivity index (χ2n) is 5.54. The molecule has 0 fully saturated rings. The summed E-state index contributed by atoms with van der Waals surface area (Å²) in [6.07, 6.45) is -4.88. The van der Waals surface area contributed by atoms with Crippen LogP contribution in [0.25, 0.3) is 10.9 Å². The van der Waals surface area contributed by atoms with Gasteiger partial charge >= 0.3 is 6.18 Å². The molecule has 132 valence electrons. The van der Waals surface area contributed by atoms with Crippen LogP contribution in [0.4, 0.5) is 18.9 Å². The van der Waals surface area contributed by atoms with Crippen molar-refractivity contribution in [3.63, 3.8) is 0 Å². The average Bonchev–Trinajstić information content (AvgIpc) is 2.88. The van der Waals surface area contributed by atoms with Crippen LogP contribution < -0.4 is 0 Å². The van der Waals surface area contributed by atoms with Crippen LogP contribution in [0.2, 0.25) is 0 Å². The van der Waals surface area contributed by atoms with E-state index in [0.717, 1.165) is 6.07 Å². The maximum absolute atomic E-state index is 13.0. The number of nitrogens with zero attached hydrogens (tertiary/aromatic N) is 1. The van der Waals surface area contributed by atoms with Gasteiger partial charge in [0.25, 0.3) is 5.69 Å². The Hall–Kier alpha value is -1.94. The second kappa shape index (κ2) is 6.17. The molecule has 0 aliphatic heterocycles. The highest BCUT2D eigenvalue weighted by atomic mass is 32.2. The molecule has 1 aromatic carbocycles. The Kier molecular flexibility index (Phi) is 4.73. The molecule has 0 saturated heterocycles. The highest BCUT2D eigenvalue weighted by Gasteiger charge is 2.39. The monoisotopic (exact) mass is 364 g/mol. The summed E-state index contributed by atoms with van der Waals surface area (Å²) < 4.78 is 50.6. The summed E-state index contributed by atoms with van der Waals surface area (Å²) in [7, 11) is -1.31. The fourth-order valence-electron chi connectivity index (χ4n) is 2.33. The lowest BCUT2D eigenvalue weighted by molar-refractivity contribution is -0.387. The van der Waals surface area contributed by atoms with Crippen molar-refractivity contribution >= 4 is 27.4 Å². The molecule has 6 nitrogen and oxygen atoms in total. The molecule has 0 aliphatic rings. The molecule has 2 unspecified atom stereocenters. The number of nitro groups is 1. The van der Waals surface area contributed by atoms with Gasteiger partial charge < -0.3 is 10.1 Å². The van der Waals surface area contributed by atoms with Crippen molar-refractivity contribution in [2.24, 2.45) is 0 Å². The Labute approximate surface area is 137 Å². The summed E-state index contributed by atoms with van der Waals surface area (Å²) in [5.41, 5.74) is -3.84. The first kappa shape index (κ1) is 18.4. The first-order valence-electron chi connectivity index (χ1n) is 6.92. The van der Waals surface area contributed by atoms with Crippen molar-refractivity contribution in [2.45, 2.75) is 25.6 Å². The quantitative estimate of drug-likeness (QED) is 0.629. The Balaban J connectivity index is 2.59. The van der Waals surface area contributed by atoms with Crippen molar-refractivity contribution < 1.29 is 27.4 Å². The normalized spacial score (nSPS) is 16.1. The summed E-state index contributed by atoms with van der Waals surface area (Å²) in [5, 5.41) is 21.5. The molecular formula is C14H15F3N2O4S. The molecule has 0 radical (unpaired) electrons. The van der Waals surface area contributed by atoms with E-state index in [1.54, 1.807) is 6.92 Å². The minimum absolute atomic E-state index is 0.00507. The van der Waals surface area contributed by atoms with Gasteiger partial charge in [0.15, 0.2) is 0 Å². The molecule has 1 heterocycles. The summed E-state index contributed by atoms with van der Waals surface area (Å²) in [4.78, 5) is 12.4. The molecule has 2 rings (SSSR count). The molecule has 0 saturated carbocycles.